The third-order valence-electron chi connectivity index (χ3n) is 13.7. The highest BCUT2D eigenvalue weighted by molar-refractivity contribution is 5.70. The number of carbonyl (C=O) groups excluding carboxylic acids is 3. The SMILES string of the molecule is CC/C=C\C/C=C\C/C=C\C/C=C\CCCCCCCCC(=O)OC(COC(=O)CCCCCCCCCCCCCCCCCCCCC/C=C\CCCCCCCCCC)COC(OCC[N+](C)(C)C)C(=O)[O-]. The highest BCUT2D eigenvalue weighted by Gasteiger charge is 2.22. The van der Waals surface area contributed by atoms with Crippen molar-refractivity contribution in [2.45, 2.75) is 296 Å². The Hall–Kier alpha value is -3.01. The van der Waals surface area contributed by atoms with Crippen molar-refractivity contribution in [2.24, 2.45) is 0 Å². The molecule has 0 aliphatic rings. The van der Waals surface area contributed by atoms with E-state index in [1.54, 1.807) is 0 Å². The second-order valence-electron chi connectivity index (χ2n) is 22.3. The zero-order chi connectivity index (χ0) is 54.8. The number of nitrogens with zero attached hydrogens (tertiary/aromatic N) is 1. The number of carboxylic acids is 1. The number of quaternary nitrogens is 1. The second-order valence-corrected chi connectivity index (χ2v) is 22.3. The largest absolute Gasteiger partial charge is 0.545 e. The van der Waals surface area contributed by atoms with E-state index in [0.29, 0.717) is 23.9 Å². The molecule has 9 nitrogen and oxygen atoms in total. The molecule has 0 N–H and O–H groups in total. The van der Waals surface area contributed by atoms with Gasteiger partial charge < -0.3 is 33.3 Å². The highest BCUT2D eigenvalue weighted by Crippen LogP contribution is 2.17. The molecular weight excluding hydrogens is 935 g/mol. The van der Waals surface area contributed by atoms with E-state index < -0.39 is 24.3 Å². The van der Waals surface area contributed by atoms with Crippen molar-refractivity contribution in [2.75, 3.05) is 47.5 Å². The van der Waals surface area contributed by atoms with Crippen molar-refractivity contribution >= 4 is 17.9 Å². The minimum Gasteiger partial charge on any atom is -0.545 e. The van der Waals surface area contributed by atoms with Gasteiger partial charge >= 0.3 is 11.9 Å². The van der Waals surface area contributed by atoms with Crippen LogP contribution >= 0.6 is 0 Å². The maximum absolute atomic E-state index is 12.9. The molecule has 75 heavy (non-hydrogen) atoms. The average Bonchev–Trinajstić information content (AvgIpc) is 3.38. The molecular formula is C66H119NO8. The van der Waals surface area contributed by atoms with Crippen LogP contribution in [0.4, 0.5) is 0 Å². The van der Waals surface area contributed by atoms with Gasteiger partial charge in [0.05, 0.1) is 40.3 Å². The Morgan fingerprint density at radius 1 is 0.413 bits per heavy atom. The molecule has 0 radical (unpaired) electrons. The van der Waals surface area contributed by atoms with Crippen molar-refractivity contribution < 1.29 is 42.9 Å². The van der Waals surface area contributed by atoms with Gasteiger partial charge in [-0.05, 0) is 77.0 Å². The van der Waals surface area contributed by atoms with Crippen molar-refractivity contribution in [3.05, 3.63) is 60.8 Å². The minimum atomic E-state index is -1.63. The van der Waals surface area contributed by atoms with Gasteiger partial charge in [0.2, 0.25) is 0 Å². The standard InChI is InChI=1S/C66H119NO8/c1-6-8-10-12-14-16-18-20-22-24-26-27-28-29-30-31-32-33-34-35-36-37-39-40-42-44-46-48-50-52-54-56-63(68)73-60-62(61-74-66(65(70)71)72-59-58-67(3,4)5)75-64(69)57-55-53-51-49-47-45-43-41-38-25-23-21-19-17-15-13-11-9-7-2/h9,11,15,17,21,23-24,26,38,41,62,66H,6-8,10,12-14,16,18-20,22,25,27-37,39-40,42-61H2,1-5H3/b11-9-,17-15-,23-21-,26-24-,41-38-. The number of allylic oxidation sites excluding steroid dienone is 10. The molecule has 0 aromatic rings. The van der Waals surface area contributed by atoms with E-state index >= 15 is 0 Å². The zero-order valence-corrected chi connectivity index (χ0v) is 49.7. The first kappa shape index (κ1) is 72.0. The molecule has 0 spiro atoms. The van der Waals surface area contributed by atoms with Gasteiger partial charge in [0.15, 0.2) is 12.4 Å². The van der Waals surface area contributed by atoms with Crippen molar-refractivity contribution in [1.29, 1.82) is 0 Å². The number of likely N-dealkylation sites (N-methyl/N-ethyl adjacent to an activating group) is 1. The van der Waals surface area contributed by atoms with Crippen LogP contribution in [0.2, 0.25) is 0 Å². The van der Waals surface area contributed by atoms with Crippen LogP contribution in [-0.4, -0.2) is 82.3 Å². The lowest BCUT2D eigenvalue weighted by Gasteiger charge is -2.26. The molecule has 2 unspecified atom stereocenters. The number of hydrogen-bond donors (Lipinski definition) is 0. The van der Waals surface area contributed by atoms with E-state index in [-0.39, 0.29) is 32.2 Å². The van der Waals surface area contributed by atoms with E-state index in [9.17, 15) is 19.5 Å². The van der Waals surface area contributed by atoms with Crippen LogP contribution in [0.1, 0.15) is 284 Å². The third kappa shape index (κ3) is 58.5. The molecule has 0 aliphatic heterocycles. The zero-order valence-electron chi connectivity index (χ0n) is 49.7. The monoisotopic (exact) mass is 1050 g/mol. The molecule has 436 valence electrons. The molecule has 0 fully saturated rings. The number of esters is 2. The molecule has 0 rings (SSSR count). The summed E-state index contributed by atoms with van der Waals surface area (Å²) < 4.78 is 22.7. The summed E-state index contributed by atoms with van der Waals surface area (Å²) in [7, 11) is 5.92. The van der Waals surface area contributed by atoms with E-state index in [1.807, 2.05) is 21.1 Å². The Morgan fingerprint density at radius 3 is 1.15 bits per heavy atom. The van der Waals surface area contributed by atoms with Gasteiger partial charge in [0.1, 0.15) is 13.2 Å². The maximum atomic E-state index is 12.9. The van der Waals surface area contributed by atoms with Crippen LogP contribution in [0.3, 0.4) is 0 Å². The first-order chi connectivity index (χ1) is 36.6. The Balaban J connectivity index is 4.12. The third-order valence-corrected chi connectivity index (χ3v) is 13.7. The molecule has 0 bridgehead atoms. The lowest BCUT2D eigenvalue weighted by Crippen LogP contribution is -2.44. The van der Waals surface area contributed by atoms with Crippen LogP contribution in [0.15, 0.2) is 60.8 Å². The Morgan fingerprint density at radius 2 is 0.760 bits per heavy atom. The summed E-state index contributed by atoms with van der Waals surface area (Å²) in [6, 6.07) is 0. The Kier molecular flexibility index (Phi) is 54.9. The summed E-state index contributed by atoms with van der Waals surface area (Å²) in [5.74, 6) is -2.29. The van der Waals surface area contributed by atoms with Gasteiger partial charge in [-0.2, -0.15) is 0 Å². The van der Waals surface area contributed by atoms with Crippen LogP contribution in [0, 0.1) is 0 Å². The van der Waals surface area contributed by atoms with Gasteiger partial charge in [0.25, 0.3) is 0 Å². The molecule has 0 amide bonds. The summed E-state index contributed by atoms with van der Waals surface area (Å²) in [6.45, 7) is 4.65. The predicted octanol–water partition coefficient (Wildman–Crippen LogP) is 17.5. The van der Waals surface area contributed by atoms with Gasteiger partial charge in [-0.1, -0.05) is 254 Å². The summed E-state index contributed by atoms with van der Waals surface area (Å²) in [6.07, 6.45) is 70.1. The maximum Gasteiger partial charge on any atom is 0.306 e. The molecule has 0 saturated carbocycles. The molecule has 0 aliphatic carbocycles. The van der Waals surface area contributed by atoms with Crippen molar-refractivity contribution in [1.82, 2.24) is 0 Å². The first-order valence-corrected chi connectivity index (χ1v) is 31.4. The number of unbranched alkanes of at least 4 members (excludes halogenated alkanes) is 33. The van der Waals surface area contributed by atoms with Crippen LogP contribution < -0.4 is 5.11 Å². The van der Waals surface area contributed by atoms with Crippen molar-refractivity contribution in [3.63, 3.8) is 0 Å². The topological polar surface area (TPSA) is 111 Å². The smallest absolute Gasteiger partial charge is 0.306 e. The lowest BCUT2D eigenvalue weighted by molar-refractivity contribution is -0.870. The minimum absolute atomic E-state index is 0.144. The highest BCUT2D eigenvalue weighted by atomic mass is 16.7. The molecule has 2 atom stereocenters. The molecule has 0 heterocycles. The normalized spacial score (nSPS) is 13.1. The summed E-state index contributed by atoms with van der Waals surface area (Å²) >= 11 is 0. The average molecular weight is 1050 g/mol. The second kappa shape index (κ2) is 57.2. The van der Waals surface area contributed by atoms with E-state index in [1.165, 1.54) is 167 Å². The number of carbonyl (C=O) groups is 3. The summed E-state index contributed by atoms with van der Waals surface area (Å²) in [5.41, 5.74) is 0. The number of hydrogen-bond acceptors (Lipinski definition) is 8. The lowest BCUT2D eigenvalue weighted by atomic mass is 10.0. The first-order valence-electron chi connectivity index (χ1n) is 31.4. The Bertz CT molecular complexity index is 1410. The number of carboxylic acid groups (broad SMARTS) is 1. The van der Waals surface area contributed by atoms with Crippen LogP contribution in [-0.2, 0) is 33.3 Å². The van der Waals surface area contributed by atoms with Crippen LogP contribution in [0.5, 0.6) is 0 Å². The van der Waals surface area contributed by atoms with Gasteiger partial charge in [-0.15, -0.1) is 0 Å². The number of aliphatic carboxylic acids is 1. The number of rotatable bonds is 58. The van der Waals surface area contributed by atoms with E-state index in [2.05, 4.69) is 74.6 Å². The molecule has 0 saturated heterocycles. The fraction of sp³-hybridized carbons (Fsp3) is 0.803. The Labute approximate surface area is 463 Å². The fourth-order valence-corrected chi connectivity index (χ4v) is 8.94. The molecule has 9 heteroatoms. The molecule has 0 aromatic carbocycles. The van der Waals surface area contributed by atoms with Gasteiger partial charge in [-0.3, -0.25) is 9.59 Å². The summed E-state index contributed by atoms with van der Waals surface area (Å²) in [4.78, 5) is 37.3. The van der Waals surface area contributed by atoms with E-state index in [0.717, 1.165) is 83.5 Å². The quantitative estimate of drug-likeness (QED) is 0.0195. The summed E-state index contributed by atoms with van der Waals surface area (Å²) in [5, 5.41) is 11.8. The van der Waals surface area contributed by atoms with Gasteiger partial charge in [-0.25, -0.2) is 0 Å². The number of ether oxygens (including phenoxy) is 4. The fourth-order valence-electron chi connectivity index (χ4n) is 8.94. The molecule has 0 aromatic heterocycles. The predicted molar refractivity (Wildman–Crippen MR) is 315 cm³/mol. The van der Waals surface area contributed by atoms with Crippen LogP contribution in [0.25, 0.3) is 0 Å². The van der Waals surface area contributed by atoms with Crippen molar-refractivity contribution in [3.8, 4) is 0 Å². The van der Waals surface area contributed by atoms with E-state index in [4.69, 9.17) is 18.9 Å². The van der Waals surface area contributed by atoms with Gasteiger partial charge in [0, 0.05) is 12.8 Å².